The van der Waals surface area contributed by atoms with E-state index in [1.807, 2.05) is 29.2 Å². The zero-order chi connectivity index (χ0) is 23.0. The van der Waals surface area contributed by atoms with Crippen LogP contribution in [0.25, 0.3) is 0 Å². The van der Waals surface area contributed by atoms with Gasteiger partial charge in [-0.15, -0.1) is 0 Å². The monoisotopic (exact) mass is 465 g/mol. The molecule has 1 heterocycles. The summed E-state index contributed by atoms with van der Waals surface area (Å²) in [6.45, 7) is 5.39. The van der Waals surface area contributed by atoms with Gasteiger partial charge in [0.15, 0.2) is 11.5 Å². The van der Waals surface area contributed by atoms with Crippen molar-refractivity contribution in [2.45, 2.75) is 58.0 Å². The SMILES string of the molecule is CCOP(=O)(CC=CCN1CC(c2ccc(OC)c(OC3CCCC3)c2)CC1=O)OCC. The molecular weight excluding hydrogens is 429 g/mol. The Morgan fingerprint density at radius 1 is 1.09 bits per heavy atom. The largest absolute Gasteiger partial charge is 0.493 e. The third-order valence-corrected chi connectivity index (χ3v) is 7.90. The molecule has 1 atom stereocenters. The Kier molecular flexibility index (Phi) is 9.21. The summed E-state index contributed by atoms with van der Waals surface area (Å²) >= 11 is 0. The molecular formula is C24H36NO6P. The van der Waals surface area contributed by atoms with E-state index in [9.17, 15) is 9.36 Å². The van der Waals surface area contributed by atoms with Crippen LogP contribution < -0.4 is 9.47 Å². The van der Waals surface area contributed by atoms with Crippen molar-refractivity contribution >= 4 is 13.5 Å². The molecule has 1 saturated heterocycles. The summed E-state index contributed by atoms with van der Waals surface area (Å²) in [5, 5.41) is 0. The number of hydrogen-bond donors (Lipinski definition) is 0. The van der Waals surface area contributed by atoms with Gasteiger partial charge in [0, 0.05) is 25.4 Å². The Balaban J connectivity index is 1.59. The molecule has 0 bridgehead atoms. The third kappa shape index (κ3) is 6.60. The summed E-state index contributed by atoms with van der Waals surface area (Å²) in [5.74, 6) is 1.74. The highest BCUT2D eigenvalue weighted by atomic mass is 31.2. The Labute approximate surface area is 191 Å². The number of ether oxygens (including phenoxy) is 2. The molecule has 2 aliphatic rings. The van der Waals surface area contributed by atoms with Crippen LogP contribution in [-0.2, 0) is 18.4 Å². The first-order valence-corrected chi connectivity index (χ1v) is 13.4. The third-order valence-electron chi connectivity index (χ3n) is 5.94. The average molecular weight is 466 g/mol. The number of amides is 1. The van der Waals surface area contributed by atoms with Crippen molar-refractivity contribution in [3.63, 3.8) is 0 Å². The fraction of sp³-hybridized carbons (Fsp3) is 0.625. The van der Waals surface area contributed by atoms with Crippen LogP contribution in [-0.4, -0.2) is 56.5 Å². The number of benzene rings is 1. The molecule has 0 aromatic heterocycles. The van der Waals surface area contributed by atoms with Gasteiger partial charge in [0.05, 0.1) is 32.6 Å². The number of nitrogens with zero attached hydrogens (tertiary/aromatic N) is 1. The van der Waals surface area contributed by atoms with Crippen molar-refractivity contribution < 1.29 is 27.9 Å². The van der Waals surface area contributed by atoms with E-state index in [4.69, 9.17) is 18.5 Å². The minimum Gasteiger partial charge on any atom is -0.493 e. The van der Waals surface area contributed by atoms with E-state index in [1.54, 1.807) is 27.0 Å². The number of rotatable bonds is 12. The van der Waals surface area contributed by atoms with Gasteiger partial charge >= 0.3 is 7.60 Å². The van der Waals surface area contributed by atoms with E-state index < -0.39 is 7.60 Å². The Morgan fingerprint density at radius 3 is 2.47 bits per heavy atom. The zero-order valence-corrected chi connectivity index (χ0v) is 20.4. The lowest BCUT2D eigenvalue weighted by molar-refractivity contribution is -0.127. The summed E-state index contributed by atoms with van der Waals surface area (Å²) in [6, 6.07) is 6.00. The van der Waals surface area contributed by atoms with Gasteiger partial charge in [-0.1, -0.05) is 18.2 Å². The van der Waals surface area contributed by atoms with Crippen LogP contribution in [0.4, 0.5) is 0 Å². The van der Waals surface area contributed by atoms with E-state index in [-0.39, 0.29) is 24.1 Å². The van der Waals surface area contributed by atoms with Gasteiger partial charge in [-0.3, -0.25) is 9.36 Å². The molecule has 0 radical (unpaired) electrons. The highest BCUT2D eigenvalue weighted by Gasteiger charge is 2.31. The van der Waals surface area contributed by atoms with Gasteiger partial charge in [0.1, 0.15) is 0 Å². The molecule has 1 unspecified atom stereocenters. The second-order valence-corrected chi connectivity index (χ2v) is 10.3. The second kappa shape index (κ2) is 11.9. The van der Waals surface area contributed by atoms with E-state index in [1.165, 1.54) is 12.8 Å². The first-order valence-electron chi connectivity index (χ1n) is 11.6. The van der Waals surface area contributed by atoms with Crippen LogP contribution in [0, 0.1) is 0 Å². The van der Waals surface area contributed by atoms with Crippen molar-refractivity contribution in [3.05, 3.63) is 35.9 Å². The van der Waals surface area contributed by atoms with Crippen molar-refractivity contribution in [3.8, 4) is 11.5 Å². The standard InChI is InChI=1S/C24H36NO6P/c1-4-29-32(27,30-5-2)15-9-8-14-25-18-20(17-24(25)26)19-12-13-22(28-3)23(16-19)31-21-10-6-7-11-21/h8-9,12-13,16,20-21H,4-7,10-11,14-15,17-18H2,1-3H3. The minimum atomic E-state index is -3.10. The maximum absolute atomic E-state index is 12.6. The highest BCUT2D eigenvalue weighted by molar-refractivity contribution is 7.54. The predicted octanol–water partition coefficient (Wildman–Crippen LogP) is 5.15. The molecule has 1 aromatic carbocycles. The van der Waals surface area contributed by atoms with Crippen LogP contribution in [0.1, 0.15) is 57.4 Å². The van der Waals surface area contributed by atoms with Gasteiger partial charge < -0.3 is 23.4 Å². The molecule has 1 aromatic rings. The van der Waals surface area contributed by atoms with Crippen molar-refractivity contribution in [2.75, 3.05) is 39.6 Å². The van der Waals surface area contributed by atoms with Gasteiger partial charge in [-0.05, 0) is 57.2 Å². The normalized spacial score (nSPS) is 19.9. The first-order chi connectivity index (χ1) is 15.5. The summed E-state index contributed by atoms with van der Waals surface area (Å²) in [6.07, 6.45) is 9.15. The maximum atomic E-state index is 12.6. The van der Waals surface area contributed by atoms with Gasteiger partial charge in [0.2, 0.25) is 5.91 Å². The summed E-state index contributed by atoms with van der Waals surface area (Å²) in [5.41, 5.74) is 1.09. The van der Waals surface area contributed by atoms with E-state index >= 15 is 0 Å². The average Bonchev–Trinajstić information content (AvgIpc) is 3.41. The Morgan fingerprint density at radius 2 is 1.81 bits per heavy atom. The second-order valence-electron chi connectivity index (χ2n) is 8.23. The molecule has 0 N–H and O–H groups in total. The van der Waals surface area contributed by atoms with Crippen molar-refractivity contribution in [1.29, 1.82) is 0 Å². The van der Waals surface area contributed by atoms with E-state index in [2.05, 4.69) is 0 Å². The molecule has 1 amide bonds. The van der Waals surface area contributed by atoms with E-state index in [0.717, 1.165) is 29.9 Å². The molecule has 3 rings (SSSR count). The molecule has 8 heteroatoms. The van der Waals surface area contributed by atoms with Crippen molar-refractivity contribution in [1.82, 2.24) is 4.90 Å². The van der Waals surface area contributed by atoms with Crippen LogP contribution in [0.15, 0.2) is 30.4 Å². The van der Waals surface area contributed by atoms with Crippen LogP contribution in [0.2, 0.25) is 0 Å². The van der Waals surface area contributed by atoms with Crippen LogP contribution in [0.5, 0.6) is 11.5 Å². The molecule has 1 aliphatic carbocycles. The molecule has 178 valence electrons. The first kappa shape index (κ1) is 24.8. The lowest BCUT2D eigenvalue weighted by atomic mass is 9.98. The highest BCUT2D eigenvalue weighted by Crippen LogP contribution is 2.47. The number of likely N-dealkylation sites (tertiary alicyclic amines) is 1. The maximum Gasteiger partial charge on any atom is 0.334 e. The van der Waals surface area contributed by atoms with E-state index in [0.29, 0.717) is 32.7 Å². The summed E-state index contributed by atoms with van der Waals surface area (Å²) in [4.78, 5) is 14.4. The smallest absolute Gasteiger partial charge is 0.334 e. The topological polar surface area (TPSA) is 74.3 Å². The van der Waals surface area contributed by atoms with Crippen LogP contribution in [0.3, 0.4) is 0 Å². The number of hydrogen-bond acceptors (Lipinski definition) is 6. The summed E-state index contributed by atoms with van der Waals surface area (Å²) in [7, 11) is -1.45. The molecule has 7 nitrogen and oxygen atoms in total. The van der Waals surface area contributed by atoms with Crippen LogP contribution >= 0.6 is 7.60 Å². The minimum absolute atomic E-state index is 0.116. The molecule has 32 heavy (non-hydrogen) atoms. The lowest BCUT2D eigenvalue weighted by Crippen LogP contribution is -2.25. The number of carbonyl (C=O) groups is 1. The lowest BCUT2D eigenvalue weighted by Gasteiger charge is -2.19. The zero-order valence-electron chi connectivity index (χ0n) is 19.5. The molecule has 0 spiro atoms. The van der Waals surface area contributed by atoms with Gasteiger partial charge in [0.25, 0.3) is 0 Å². The predicted molar refractivity (Wildman–Crippen MR) is 125 cm³/mol. The van der Waals surface area contributed by atoms with Crippen molar-refractivity contribution in [2.24, 2.45) is 0 Å². The van der Waals surface area contributed by atoms with Gasteiger partial charge in [-0.2, -0.15) is 0 Å². The molecule has 1 aliphatic heterocycles. The summed E-state index contributed by atoms with van der Waals surface area (Å²) < 4.78 is 34.8. The number of carbonyl (C=O) groups excluding carboxylic acids is 1. The number of allylic oxidation sites excluding steroid dienone is 1. The Hall–Kier alpha value is -1.82. The molecule has 2 fully saturated rings. The molecule has 1 saturated carbocycles. The fourth-order valence-corrected chi connectivity index (χ4v) is 5.82. The Bertz CT molecular complexity index is 826. The van der Waals surface area contributed by atoms with Gasteiger partial charge in [-0.25, -0.2) is 0 Å². The quantitative estimate of drug-likeness (QED) is 0.314. The number of methoxy groups -OCH3 is 1. The fourth-order valence-electron chi connectivity index (χ4n) is 4.34.